The van der Waals surface area contributed by atoms with E-state index < -0.39 is 17.3 Å². The van der Waals surface area contributed by atoms with Crippen LogP contribution in [0.5, 0.6) is 0 Å². The van der Waals surface area contributed by atoms with Crippen molar-refractivity contribution in [2.24, 2.45) is 0 Å². The number of rotatable bonds is 6. The Bertz CT molecular complexity index is 1710. The molecule has 37 heavy (non-hydrogen) atoms. The highest BCUT2D eigenvalue weighted by molar-refractivity contribution is 6.31. The van der Waals surface area contributed by atoms with Crippen LogP contribution in [0.4, 0.5) is 0 Å². The lowest BCUT2D eigenvalue weighted by atomic mass is 10.1. The van der Waals surface area contributed by atoms with Gasteiger partial charge in [-0.15, -0.1) is 0 Å². The smallest absolute Gasteiger partial charge is 0.353 e. The van der Waals surface area contributed by atoms with Crippen molar-refractivity contribution in [1.29, 1.82) is 0 Å². The molecule has 0 spiro atoms. The van der Waals surface area contributed by atoms with E-state index in [4.69, 9.17) is 16.1 Å². The first-order chi connectivity index (χ1) is 17.8. The molecule has 10 heteroatoms. The Morgan fingerprint density at radius 2 is 1.78 bits per heavy atom. The Morgan fingerprint density at radius 1 is 1.05 bits per heavy atom. The summed E-state index contributed by atoms with van der Waals surface area (Å²) in [7, 11) is 0. The number of amides is 1. The SMILES string of the molecule is Cc1noc(-c2ccc(C(=O)NCc3c(C(=O)O)n(-c4ccccc4)c4cc(Cl)ccc4c3=O)cc2)n1. The summed E-state index contributed by atoms with van der Waals surface area (Å²) in [5, 5.41) is 17.2. The molecule has 2 N–H and O–H groups in total. The van der Waals surface area contributed by atoms with E-state index in [2.05, 4.69) is 15.5 Å². The molecule has 0 radical (unpaired) electrons. The minimum Gasteiger partial charge on any atom is -0.477 e. The molecule has 2 heterocycles. The highest BCUT2D eigenvalue weighted by atomic mass is 35.5. The largest absolute Gasteiger partial charge is 0.477 e. The van der Waals surface area contributed by atoms with Crippen LogP contribution in [-0.2, 0) is 6.54 Å². The lowest BCUT2D eigenvalue weighted by molar-refractivity contribution is 0.0685. The highest BCUT2D eigenvalue weighted by Gasteiger charge is 2.24. The molecule has 0 atom stereocenters. The number of hydrogen-bond donors (Lipinski definition) is 2. The van der Waals surface area contributed by atoms with Gasteiger partial charge in [-0.3, -0.25) is 9.59 Å². The van der Waals surface area contributed by atoms with Crippen molar-refractivity contribution in [3.8, 4) is 17.1 Å². The van der Waals surface area contributed by atoms with Gasteiger partial charge in [-0.2, -0.15) is 4.98 Å². The first-order valence-electron chi connectivity index (χ1n) is 11.2. The van der Waals surface area contributed by atoms with Gasteiger partial charge in [0.05, 0.1) is 11.1 Å². The maximum atomic E-state index is 13.4. The number of carboxylic acid groups (broad SMARTS) is 1. The van der Waals surface area contributed by atoms with E-state index in [1.165, 1.54) is 4.57 Å². The molecular formula is C27H19ClN4O5. The Kier molecular flexibility index (Phi) is 6.29. The van der Waals surface area contributed by atoms with Gasteiger partial charge in [0.25, 0.3) is 11.8 Å². The summed E-state index contributed by atoms with van der Waals surface area (Å²) in [6.07, 6.45) is 0. The molecule has 0 aliphatic heterocycles. The summed E-state index contributed by atoms with van der Waals surface area (Å²) in [6, 6.07) is 19.9. The number of aromatic nitrogens is 3. The van der Waals surface area contributed by atoms with Crippen LogP contribution < -0.4 is 10.7 Å². The molecule has 0 unspecified atom stereocenters. The maximum Gasteiger partial charge on any atom is 0.353 e. The van der Waals surface area contributed by atoms with Crippen molar-refractivity contribution in [3.63, 3.8) is 0 Å². The van der Waals surface area contributed by atoms with Gasteiger partial charge in [0.15, 0.2) is 11.3 Å². The fraction of sp³-hybridized carbons (Fsp3) is 0.0741. The zero-order valence-corrected chi connectivity index (χ0v) is 20.2. The molecule has 0 fully saturated rings. The molecule has 9 nitrogen and oxygen atoms in total. The van der Waals surface area contributed by atoms with Gasteiger partial charge in [-0.05, 0) is 61.5 Å². The summed E-state index contributed by atoms with van der Waals surface area (Å²) < 4.78 is 6.60. The maximum absolute atomic E-state index is 13.4. The number of carboxylic acids is 1. The fourth-order valence-electron chi connectivity index (χ4n) is 4.09. The number of aromatic carboxylic acids is 1. The number of pyridine rings is 1. The van der Waals surface area contributed by atoms with Crippen LogP contribution in [0.3, 0.4) is 0 Å². The highest BCUT2D eigenvalue weighted by Crippen LogP contribution is 2.25. The second-order valence-corrected chi connectivity index (χ2v) is 8.64. The van der Waals surface area contributed by atoms with Gasteiger partial charge in [0.1, 0.15) is 5.69 Å². The third-order valence-corrected chi connectivity index (χ3v) is 6.03. The first-order valence-corrected chi connectivity index (χ1v) is 11.6. The number of carbonyl (C=O) groups excluding carboxylic acids is 1. The summed E-state index contributed by atoms with van der Waals surface area (Å²) in [5.41, 5.74) is 1.02. The number of carbonyl (C=O) groups is 2. The molecular weight excluding hydrogens is 496 g/mol. The fourth-order valence-corrected chi connectivity index (χ4v) is 4.26. The van der Waals surface area contributed by atoms with Gasteiger partial charge >= 0.3 is 5.97 Å². The molecule has 2 aromatic heterocycles. The van der Waals surface area contributed by atoms with Crippen molar-refractivity contribution in [2.75, 3.05) is 0 Å². The number of benzene rings is 3. The van der Waals surface area contributed by atoms with Crippen LogP contribution in [0.2, 0.25) is 5.02 Å². The second-order valence-electron chi connectivity index (χ2n) is 8.20. The molecule has 0 aliphatic carbocycles. The van der Waals surface area contributed by atoms with E-state index >= 15 is 0 Å². The predicted octanol–water partition coefficient (Wildman–Crippen LogP) is 4.63. The van der Waals surface area contributed by atoms with Gasteiger partial charge in [0, 0.05) is 33.8 Å². The molecule has 3 aromatic carbocycles. The Labute approximate surface area is 214 Å². The van der Waals surface area contributed by atoms with Crippen LogP contribution in [-0.4, -0.2) is 31.7 Å². The number of fused-ring (bicyclic) bond motifs is 1. The van der Waals surface area contributed by atoms with E-state index in [1.54, 1.807) is 79.7 Å². The standard InChI is InChI=1S/C27H19ClN4O5/c1-15-30-26(37-31-15)17-9-7-16(8-10-17)25(34)29-14-21-23(27(35)36)32(19-5-3-2-4-6-19)22-13-18(28)11-12-20(22)24(21)33/h2-13H,14H2,1H3,(H,29,34)(H,35,36). The Balaban J connectivity index is 1.54. The number of aryl methyl sites for hydroxylation is 1. The zero-order chi connectivity index (χ0) is 26.1. The molecule has 5 rings (SSSR count). The van der Waals surface area contributed by atoms with E-state index in [-0.39, 0.29) is 23.2 Å². The van der Waals surface area contributed by atoms with Crippen molar-refractivity contribution in [3.05, 3.63) is 111 Å². The van der Waals surface area contributed by atoms with Crippen LogP contribution in [0.1, 0.15) is 32.2 Å². The Morgan fingerprint density at radius 3 is 2.43 bits per heavy atom. The summed E-state index contributed by atoms with van der Waals surface area (Å²) in [6.45, 7) is 1.41. The number of nitrogens with one attached hydrogen (secondary N) is 1. The van der Waals surface area contributed by atoms with Gasteiger partial charge < -0.3 is 19.5 Å². The normalized spacial score (nSPS) is 11.0. The minimum absolute atomic E-state index is 0.0579. The zero-order valence-electron chi connectivity index (χ0n) is 19.4. The summed E-state index contributed by atoms with van der Waals surface area (Å²) in [4.78, 5) is 42.9. The molecule has 184 valence electrons. The average molecular weight is 515 g/mol. The van der Waals surface area contributed by atoms with Crippen molar-refractivity contribution in [1.82, 2.24) is 20.0 Å². The van der Waals surface area contributed by atoms with Crippen molar-refractivity contribution in [2.45, 2.75) is 13.5 Å². The first kappa shape index (κ1) is 24.0. The van der Waals surface area contributed by atoms with Crippen LogP contribution in [0.15, 0.2) is 82.1 Å². The van der Waals surface area contributed by atoms with E-state index in [1.807, 2.05) is 0 Å². The molecule has 0 saturated carbocycles. The molecule has 0 saturated heterocycles. The van der Waals surface area contributed by atoms with Crippen molar-refractivity contribution < 1.29 is 19.2 Å². The lowest BCUT2D eigenvalue weighted by Crippen LogP contribution is -2.30. The van der Waals surface area contributed by atoms with E-state index in [0.717, 1.165) is 0 Å². The molecule has 5 aromatic rings. The lowest BCUT2D eigenvalue weighted by Gasteiger charge is -2.19. The monoisotopic (exact) mass is 514 g/mol. The van der Waals surface area contributed by atoms with Crippen LogP contribution in [0, 0.1) is 6.92 Å². The Hall–Kier alpha value is -4.76. The average Bonchev–Trinajstić information content (AvgIpc) is 3.34. The number of para-hydroxylation sites is 1. The minimum atomic E-state index is -1.31. The molecule has 0 bridgehead atoms. The third kappa shape index (κ3) is 4.60. The van der Waals surface area contributed by atoms with Gasteiger partial charge in [0.2, 0.25) is 0 Å². The number of halogens is 1. The predicted molar refractivity (Wildman–Crippen MR) is 137 cm³/mol. The number of hydrogen-bond acceptors (Lipinski definition) is 6. The van der Waals surface area contributed by atoms with Gasteiger partial charge in [-0.1, -0.05) is 35.0 Å². The van der Waals surface area contributed by atoms with Crippen LogP contribution >= 0.6 is 11.6 Å². The van der Waals surface area contributed by atoms with E-state index in [9.17, 15) is 19.5 Å². The van der Waals surface area contributed by atoms with Crippen LogP contribution in [0.25, 0.3) is 28.0 Å². The molecule has 1 amide bonds. The quantitative estimate of drug-likeness (QED) is 0.338. The number of nitrogens with zero attached hydrogens (tertiary/aromatic N) is 3. The van der Waals surface area contributed by atoms with Gasteiger partial charge in [-0.25, -0.2) is 4.79 Å². The second kappa shape index (κ2) is 9.71. The topological polar surface area (TPSA) is 127 Å². The third-order valence-electron chi connectivity index (χ3n) is 5.79. The van der Waals surface area contributed by atoms with E-state index in [0.29, 0.717) is 39.1 Å². The molecule has 0 aliphatic rings. The summed E-state index contributed by atoms with van der Waals surface area (Å²) in [5.74, 6) is -0.976. The van der Waals surface area contributed by atoms with Crippen molar-refractivity contribution >= 4 is 34.4 Å². The summed E-state index contributed by atoms with van der Waals surface area (Å²) >= 11 is 6.19.